The van der Waals surface area contributed by atoms with Crippen molar-refractivity contribution in [2.45, 2.75) is 38.1 Å². The number of para-hydroxylation sites is 1. The highest BCUT2D eigenvalue weighted by Gasteiger charge is 2.28. The standard InChI is InChI=1S/C22H27N3O2/c1-2-20(17-9-5-3-6-10-17)21(26)25-15-13-19(14-16-25)24-22(27)23-18-11-7-4-8-12-18/h3-12,19-20H,2,13-16H2,1H3,(H2,23,24,27). The number of piperidine rings is 1. The number of rotatable bonds is 5. The van der Waals surface area contributed by atoms with Crippen molar-refractivity contribution in [2.75, 3.05) is 18.4 Å². The van der Waals surface area contributed by atoms with E-state index in [4.69, 9.17) is 0 Å². The number of carbonyl (C=O) groups excluding carboxylic acids is 2. The quantitative estimate of drug-likeness (QED) is 0.841. The number of carbonyl (C=O) groups is 2. The number of urea groups is 1. The summed E-state index contributed by atoms with van der Waals surface area (Å²) in [6, 6.07) is 19.3. The fourth-order valence-corrected chi connectivity index (χ4v) is 3.58. The summed E-state index contributed by atoms with van der Waals surface area (Å²) in [5.74, 6) is 0.105. The fraction of sp³-hybridized carbons (Fsp3) is 0.364. The van der Waals surface area contributed by atoms with E-state index in [1.807, 2.05) is 65.6 Å². The van der Waals surface area contributed by atoms with Gasteiger partial charge in [0, 0.05) is 24.8 Å². The van der Waals surface area contributed by atoms with Gasteiger partial charge in [-0.2, -0.15) is 0 Å². The van der Waals surface area contributed by atoms with E-state index < -0.39 is 0 Å². The Kier molecular flexibility index (Phi) is 6.47. The van der Waals surface area contributed by atoms with E-state index in [1.165, 1.54) is 0 Å². The number of likely N-dealkylation sites (tertiary alicyclic amines) is 1. The molecule has 142 valence electrons. The molecule has 1 aliphatic heterocycles. The van der Waals surface area contributed by atoms with Gasteiger partial charge in [0.15, 0.2) is 0 Å². The Labute approximate surface area is 160 Å². The first kappa shape index (κ1) is 19.0. The second-order valence-electron chi connectivity index (χ2n) is 6.94. The second-order valence-corrected chi connectivity index (χ2v) is 6.94. The molecule has 1 fully saturated rings. The minimum absolute atomic E-state index is 0.0860. The van der Waals surface area contributed by atoms with E-state index in [0.717, 1.165) is 30.5 Å². The first-order valence-corrected chi connectivity index (χ1v) is 9.63. The summed E-state index contributed by atoms with van der Waals surface area (Å²) in [7, 11) is 0. The van der Waals surface area contributed by atoms with Gasteiger partial charge >= 0.3 is 6.03 Å². The highest BCUT2D eigenvalue weighted by molar-refractivity contribution is 5.89. The maximum Gasteiger partial charge on any atom is 0.319 e. The number of anilines is 1. The van der Waals surface area contributed by atoms with Gasteiger partial charge in [0.25, 0.3) is 0 Å². The summed E-state index contributed by atoms with van der Waals surface area (Å²) >= 11 is 0. The van der Waals surface area contributed by atoms with E-state index in [2.05, 4.69) is 17.6 Å². The molecule has 1 unspecified atom stereocenters. The predicted molar refractivity (Wildman–Crippen MR) is 108 cm³/mol. The molecule has 0 radical (unpaired) electrons. The van der Waals surface area contributed by atoms with Gasteiger partial charge in [-0.3, -0.25) is 4.79 Å². The zero-order valence-corrected chi connectivity index (χ0v) is 15.7. The lowest BCUT2D eigenvalue weighted by atomic mass is 9.93. The summed E-state index contributed by atoms with van der Waals surface area (Å²) in [6.07, 6.45) is 2.35. The second kappa shape index (κ2) is 9.21. The van der Waals surface area contributed by atoms with Crippen LogP contribution in [0.4, 0.5) is 10.5 Å². The zero-order valence-electron chi connectivity index (χ0n) is 15.7. The lowest BCUT2D eigenvalue weighted by Crippen LogP contribution is -2.48. The molecule has 0 bridgehead atoms. The van der Waals surface area contributed by atoms with Gasteiger partial charge in [-0.15, -0.1) is 0 Å². The van der Waals surface area contributed by atoms with Gasteiger partial charge in [0.1, 0.15) is 0 Å². The minimum atomic E-state index is -0.193. The molecular formula is C22H27N3O2. The van der Waals surface area contributed by atoms with Crippen LogP contribution in [-0.2, 0) is 4.79 Å². The van der Waals surface area contributed by atoms with Crippen LogP contribution in [0.25, 0.3) is 0 Å². The van der Waals surface area contributed by atoms with Gasteiger partial charge in [0.05, 0.1) is 5.92 Å². The van der Waals surface area contributed by atoms with E-state index in [-0.39, 0.29) is 23.9 Å². The third-order valence-electron chi connectivity index (χ3n) is 5.08. The van der Waals surface area contributed by atoms with Gasteiger partial charge in [-0.1, -0.05) is 55.5 Å². The van der Waals surface area contributed by atoms with Crippen molar-refractivity contribution >= 4 is 17.6 Å². The van der Waals surface area contributed by atoms with Crippen LogP contribution in [0, 0.1) is 0 Å². The van der Waals surface area contributed by atoms with Crippen LogP contribution in [0.1, 0.15) is 37.7 Å². The lowest BCUT2D eigenvalue weighted by Gasteiger charge is -2.34. The van der Waals surface area contributed by atoms with Crippen molar-refractivity contribution in [3.05, 3.63) is 66.2 Å². The largest absolute Gasteiger partial charge is 0.342 e. The summed E-state index contributed by atoms with van der Waals surface area (Å²) in [6.45, 7) is 3.41. The van der Waals surface area contributed by atoms with Crippen molar-refractivity contribution in [1.29, 1.82) is 0 Å². The molecule has 3 rings (SSSR count). The molecule has 5 nitrogen and oxygen atoms in total. The Morgan fingerprint density at radius 2 is 1.59 bits per heavy atom. The average Bonchev–Trinajstić information content (AvgIpc) is 2.70. The number of amides is 3. The van der Waals surface area contributed by atoms with Crippen LogP contribution in [0.5, 0.6) is 0 Å². The molecule has 0 aliphatic carbocycles. The molecule has 1 aliphatic rings. The van der Waals surface area contributed by atoms with Crippen LogP contribution in [0.2, 0.25) is 0 Å². The Balaban J connectivity index is 1.49. The van der Waals surface area contributed by atoms with Gasteiger partial charge in [0.2, 0.25) is 5.91 Å². The van der Waals surface area contributed by atoms with Crippen LogP contribution in [-0.4, -0.2) is 36.0 Å². The van der Waals surface area contributed by atoms with Crippen molar-refractivity contribution in [3.8, 4) is 0 Å². The van der Waals surface area contributed by atoms with Crippen LogP contribution >= 0.6 is 0 Å². The molecule has 1 saturated heterocycles. The molecule has 0 aromatic heterocycles. The Morgan fingerprint density at radius 1 is 1.00 bits per heavy atom. The smallest absolute Gasteiger partial charge is 0.319 e. The molecule has 0 spiro atoms. The lowest BCUT2D eigenvalue weighted by molar-refractivity contribution is -0.134. The predicted octanol–water partition coefficient (Wildman–Crippen LogP) is 3.99. The Bertz CT molecular complexity index is 741. The number of benzene rings is 2. The van der Waals surface area contributed by atoms with Gasteiger partial charge in [-0.25, -0.2) is 4.79 Å². The maximum atomic E-state index is 12.9. The zero-order chi connectivity index (χ0) is 19.1. The molecule has 1 heterocycles. The van der Waals surface area contributed by atoms with Crippen molar-refractivity contribution in [3.63, 3.8) is 0 Å². The summed E-state index contributed by atoms with van der Waals surface area (Å²) in [5.41, 5.74) is 1.85. The molecule has 2 aromatic carbocycles. The highest BCUT2D eigenvalue weighted by Crippen LogP contribution is 2.24. The molecule has 0 saturated carbocycles. The molecular weight excluding hydrogens is 338 g/mol. The summed E-state index contributed by atoms with van der Waals surface area (Å²) in [4.78, 5) is 27.0. The average molecular weight is 365 g/mol. The van der Waals surface area contributed by atoms with Crippen LogP contribution in [0.15, 0.2) is 60.7 Å². The molecule has 27 heavy (non-hydrogen) atoms. The number of hydrogen-bond donors (Lipinski definition) is 2. The minimum Gasteiger partial charge on any atom is -0.342 e. The SMILES string of the molecule is CCC(C(=O)N1CCC(NC(=O)Nc2ccccc2)CC1)c1ccccc1. The highest BCUT2D eigenvalue weighted by atomic mass is 16.2. The third kappa shape index (κ3) is 5.09. The van der Waals surface area contributed by atoms with E-state index in [9.17, 15) is 9.59 Å². The molecule has 2 N–H and O–H groups in total. The molecule has 5 heteroatoms. The van der Waals surface area contributed by atoms with E-state index in [1.54, 1.807) is 0 Å². The first-order chi connectivity index (χ1) is 13.2. The Hall–Kier alpha value is -2.82. The monoisotopic (exact) mass is 365 g/mol. The number of nitrogens with zero attached hydrogens (tertiary/aromatic N) is 1. The van der Waals surface area contributed by atoms with Crippen molar-refractivity contribution in [1.82, 2.24) is 10.2 Å². The molecule has 2 aromatic rings. The number of hydrogen-bond acceptors (Lipinski definition) is 2. The van der Waals surface area contributed by atoms with Crippen LogP contribution in [0.3, 0.4) is 0 Å². The normalized spacial score (nSPS) is 15.8. The molecule has 3 amide bonds. The van der Waals surface area contributed by atoms with E-state index in [0.29, 0.717) is 13.1 Å². The summed E-state index contributed by atoms with van der Waals surface area (Å²) < 4.78 is 0. The third-order valence-corrected chi connectivity index (χ3v) is 5.08. The van der Waals surface area contributed by atoms with Crippen molar-refractivity contribution < 1.29 is 9.59 Å². The maximum absolute atomic E-state index is 12.9. The first-order valence-electron chi connectivity index (χ1n) is 9.63. The van der Waals surface area contributed by atoms with Gasteiger partial charge in [-0.05, 0) is 37.0 Å². The summed E-state index contributed by atoms with van der Waals surface area (Å²) in [5, 5.41) is 5.86. The fourth-order valence-electron chi connectivity index (χ4n) is 3.58. The van der Waals surface area contributed by atoms with Crippen LogP contribution < -0.4 is 10.6 Å². The Morgan fingerprint density at radius 3 is 2.19 bits per heavy atom. The van der Waals surface area contributed by atoms with E-state index >= 15 is 0 Å². The van der Waals surface area contributed by atoms with Crippen molar-refractivity contribution in [2.24, 2.45) is 0 Å². The topological polar surface area (TPSA) is 61.4 Å². The number of nitrogens with one attached hydrogen (secondary N) is 2. The van der Waals surface area contributed by atoms with Gasteiger partial charge < -0.3 is 15.5 Å². The molecule has 1 atom stereocenters.